The zero-order valence-corrected chi connectivity index (χ0v) is 37.9. The quantitative estimate of drug-likeness (QED) is 0.148. The zero-order chi connectivity index (χ0) is 45.3. The Morgan fingerprint density at radius 3 is 1.90 bits per heavy atom. The lowest BCUT2D eigenvalue weighted by Gasteiger charge is -2.59. The van der Waals surface area contributed by atoms with Crippen molar-refractivity contribution >= 4 is 16.8 Å². The van der Waals surface area contributed by atoms with Crippen LogP contribution in [0, 0.1) is 0 Å². The Balaban J connectivity index is 0.861. The van der Waals surface area contributed by atoms with Crippen LogP contribution in [0.5, 0.6) is 0 Å². The van der Waals surface area contributed by atoms with Crippen LogP contribution in [0.1, 0.15) is 71.3 Å². The van der Waals surface area contributed by atoms with E-state index in [1.807, 2.05) is 18.2 Å². The van der Waals surface area contributed by atoms with Gasteiger partial charge in [0.25, 0.3) is 0 Å². The van der Waals surface area contributed by atoms with Crippen LogP contribution in [0.25, 0.3) is 61.9 Å². The van der Waals surface area contributed by atoms with E-state index in [1.54, 1.807) is 0 Å². The molecule has 0 amide bonds. The lowest BCUT2D eigenvalue weighted by Crippen LogP contribution is -2.66. The number of hydrogen-bond acceptors (Lipinski definition) is 5. The van der Waals surface area contributed by atoms with E-state index >= 15 is 0 Å². The summed E-state index contributed by atoms with van der Waals surface area (Å²) in [6.07, 6.45) is 19.7. The molecule has 68 heavy (non-hydrogen) atoms. The highest BCUT2D eigenvalue weighted by Crippen LogP contribution is 2.50. The van der Waals surface area contributed by atoms with E-state index in [0.717, 1.165) is 54.7 Å². The van der Waals surface area contributed by atoms with Gasteiger partial charge in [0.05, 0.1) is 6.04 Å². The first-order valence-electron chi connectivity index (χ1n) is 24.0. The Morgan fingerprint density at radius 2 is 1.16 bits per heavy atom. The Bertz CT molecular complexity index is 3310. The molecule has 1 saturated heterocycles. The summed E-state index contributed by atoms with van der Waals surface area (Å²) < 4.78 is 0. The number of nitrogens with zero attached hydrogens (tertiary/aromatic N) is 4. The summed E-state index contributed by atoms with van der Waals surface area (Å²) in [6.45, 7) is 0.984. The molecule has 1 fully saturated rings. The summed E-state index contributed by atoms with van der Waals surface area (Å²) in [5, 5.41) is 4.18. The molecular formula is C63H51N5. The normalized spacial score (nSPS) is 19.6. The van der Waals surface area contributed by atoms with Crippen molar-refractivity contribution in [2.45, 2.75) is 43.3 Å². The number of hydrogen-bond donors (Lipinski definition) is 1. The van der Waals surface area contributed by atoms with Gasteiger partial charge in [-0.3, -0.25) is 5.32 Å². The fourth-order valence-corrected chi connectivity index (χ4v) is 10.5. The highest BCUT2D eigenvalue weighted by Gasteiger charge is 2.51. The molecule has 0 radical (unpaired) electrons. The van der Waals surface area contributed by atoms with Crippen LogP contribution >= 0.6 is 0 Å². The maximum Gasteiger partial charge on any atom is 0.163 e. The van der Waals surface area contributed by atoms with Gasteiger partial charge in [0.15, 0.2) is 11.6 Å². The van der Waals surface area contributed by atoms with E-state index < -0.39 is 0 Å². The van der Waals surface area contributed by atoms with Gasteiger partial charge in [0, 0.05) is 35.7 Å². The predicted octanol–water partition coefficient (Wildman–Crippen LogP) is 14.6. The maximum atomic E-state index is 5.08. The molecule has 3 heterocycles. The largest absolute Gasteiger partial charge is 0.349 e. The van der Waals surface area contributed by atoms with Gasteiger partial charge in [-0.25, -0.2) is 15.0 Å². The van der Waals surface area contributed by atoms with Gasteiger partial charge in [0.2, 0.25) is 0 Å². The smallest absolute Gasteiger partial charge is 0.163 e. The summed E-state index contributed by atoms with van der Waals surface area (Å²) in [4.78, 5) is 17.7. The third-order valence-corrected chi connectivity index (χ3v) is 14.1. The summed E-state index contributed by atoms with van der Waals surface area (Å²) in [5.74, 6) is 2.29. The van der Waals surface area contributed by atoms with Gasteiger partial charge in [-0.1, -0.05) is 206 Å². The molecule has 8 aromatic rings. The van der Waals surface area contributed by atoms with Crippen molar-refractivity contribution in [1.82, 2.24) is 25.2 Å². The Morgan fingerprint density at radius 1 is 0.544 bits per heavy atom. The molecule has 4 aliphatic rings. The molecule has 328 valence electrons. The summed E-state index contributed by atoms with van der Waals surface area (Å²) in [7, 11) is 0. The predicted molar refractivity (Wildman–Crippen MR) is 279 cm³/mol. The molecule has 5 nitrogen and oxygen atoms in total. The average Bonchev–Trinajstić information content (AvgIpc) is 3.42. The zero-order valence-electron chi connectivity index (χ0n) is 37.9. The van der Waals surface area contributed by atoms with Gasteiger partial charge in [-0.2, -0.15) is 0 Å². The SMILES string of the molecule is C1=CCC(c2nc(-c3ccccc3)nc(-c3cccc(-c4cccc(C5=CC(c6cccc(C7=CC(c8ccccc8-c8ccccc8)NC8(c9ccccc9)CCN78)c6)=CCC5)c4)c3)n2)C=C1. The topological polar surface area (TPSA) is 53.9 Å². The molecule has 1 aromatic heterocycles. The van der Waals surface area contributed by atoms with Crippen LogP contribution in [0.4, 0.5) is 0 Å². The van der Waals surface area contributed by atoms with Crippen molar-refractivity contribution < 1.29 is 0 Å². The lowest BCUT2D eigenvalue weighted by molar-refractivity contribution is -0.00909. The van der Waals surface area contributed by atoms with E-state index in [0.29, 0.717) is 11.6 Å². The van der Waals surface area contributed by atoms with E-state index in [1.165, 1.54) is 61.4 Å². The Kier molecular flexibility index (Phi) is 11.0. The van der Waals surface area contributed by atoms with Gasteiger partial charge >= 0.3 is 0 Å². The molecule has 7 aromatic carbocycles. The number of allylic oxidation sites excluding steroid dienone is 8. The third kappa shape index (κ3) is 7.95. The summed E-state index contributed by atoms with van der Waals surface area (Å²) in [5.41, 5.74) is 16.6. The highest BCUT2D eigenvalue weighted by atomic mass is 15.4. The van der Waals surface area contributed by atoms with Crippen molar-refractivity contribution in [2.24, 2.45) is 0 Å². The second-order valence-electron chi connectivity index (χ2n) is 18.2. The molecule has 2 aliphatic heterocycles. The fraction of sp³-hybridized carbons (Fsp3) is 0.127. The minimum Gasteiger partial charge on any atom is -0.349 e. The first-order chi connectivity index (χ1) is 33.6. The van der Waals surface area contributed by atoms with Gasteiger partial charge in [-0.05, 0) is 105 Å². The van der Waals surface area contributed by atoms with Crippen LogP contribution in [-0.2, 0) is 5.66 Å². The molecule has 0 bridgehead atoms. The molecule has 3 atom stereocenters. The summed E-state index contributed by atoms with van der Waals surface area (Å²) in [6, 6.07) is 67.8. The standard InChI is InChI=1S/C63H51N5/c1-5-19-44(20-6-1)56-35-13-14-36-57(56)58-43-59(68-38-37-63(68,67-58)55-33-11-4-12-34-55)53-31-17-29-51(41-53)49-27-15-25-47(39-49)48-26-16-28-50(40-48)52-30-18-32-54(42-52)62-65-60(45-21-7-2-8-22-45)64-61(66-62)46-23-9-3-10-24-46/h1-14,16-23,26-36,39-43,46,58,67H,15,24-25,37-38H2. The molecule has 0 spiro atoms. The second kappa shape index (κ2) is 18.0. The fourth-order valence-electron chi connectivity index (χ4n) is 10.5. The number of benzene rings is 7. The molecule has 2 aliphatic carbocycles. The van der Waals surface area contributed by atoms with Crippen LogP contribution in [0.2, 0.25) is 0 Å². The molecular weight excluding hydrogens is 827 g/mol. The first kappa shape index (κ1) is 41.4. The molecule has 1 N–H and O–H groups in total. The minimum atomic E-state index is -0.304. The van der Waals surface area contributed by atoms with E-state index in [-0.39, 0.29) is 17.6 Å². The van der Waals surface area contributed by atoms with Gasteiger partial charge in [-0.15, -0.1) is 0 Å². The van der Waals surface area contributed by atoms with Crippen LogP contribution in [-0.4, -0.2) is 26.4 Å². The highest BCUT2D eigenvalue weighted by molar-refractivity contribution is 5.88. The van der Waals surface area contributed by atoms with Gasteiger partial charge in [0.1, 0.15) is 11.5 Å². The van der Waals surface area contributed by atoms with Gasteiger partial charge < -0.3 is 4.90 Å². The molecule has 3 unspecified atom stereocenters. The molecule has 5 heteroatoms. The van der Waals surface area contributed by atoms with Crippen molar-refractivity contribution in [2.75, 3.05) is 6.54 Å². The summed E-state index contributed by atoms with van der Waals surface area (Å²) >= 11 is 0. The minimum absolute atomic E-state index is 0.00767. The average molecular weight is 878 g/mol. The number of rotatable bonds is 10. The van der Waals surface area contributed by atoms with E-state index in [2.05, 4.69) is 223 Å². The molecule has 0 saturated carbocycles. The van der Waals surface area contributed by atoms with Crippen molar-refractivity contribution in [1.29, 1.82) is 0 Å². The second-order valence-corrected chi connectivity index (χ2v) is 18.2. The number of fused-ring (bicyclic) bond motifs is 1. The monoisotopic (exact) mass is 877 g/mol. The third-order valence-electron chi connectivity index (χ3n) is 14.1. The Hall–Kier alpha value is -7.99. The van der Waals surface area contributed by atoms with Crippen molar-refractivity contribution in [3.8, 4) is 45.0 Å². The van der Waals surface area contributed by atoms with Crippen molar-refractivity contribution in [3.63, 3.8) is 0 Å². The first-order valence-corrected chi connectivity index (χ1v) is 24.0. The Labute approximate surface area is 399 Å². The number of aromatic nitrogens is 3. The number of nitrogens with one attached hydrogen (secondary N) is 1. The van der Waals surface area contributed by atoms with E-state index in [4.69, 9.17) is 15.0 Å². The van der Waals surface area contributed by atoms with Crippen LogP contribution in [0.15, 0.2) is 231 Å². The van der Waals surface area contributed by atoms with Crippen molar-refractivity contribution in [3.05, 3.63) is 264 Å². The lowest BCUT2D eigenvalue weighted by atomic mass is 9.79. The maximum absolute atomic E-state index is 5.08. The van der Waals surface area contributed by atoms with Crippen LogP contribution < -0.4 is 5.32 Å². The van der Waals surface area contributed by atoms with Crippen LogP contribution in [0.3, 0.4) is 0 Å². The van der Waals surface area contributed by atoms with E-state index in [9.17, 15) is 0 Å². The molecule has 12 rings (SSSR count).